The fourth-order valence-corrected chi connectivity index (χ4v) is 0.761. The van der Waals surface area contributed by atoms with Crippen molar-refractivity contribution in [2.24, 2.45) is 0 Å². The Bertz CT molecular complexity index is 132. The van der Waals surface area contributed by atoms with E-state index in [9.17, 15) is 9.90 Å². The lowest BCUT2D eigenvalue weighted by atomic mass is 10.2. The second kappa shape index (κ2) is 5.93. The third-order valence-corrected chi connectivity index (χ3v) is 1.38. The number of rotatable bonds is 5. The van der Waals surface area contributed by atoms with Crippen molar-refractivity contribution in [1.82, 2.24) is 0 Å². The molecule has 1 atom stereocenters. The van der Waals surface area contributed by atoms with Crippen LogP contribution >= 0.6 is 0 Å². The smallest absolute Gasteiger partial charge is 0.308 e. The van der Waals surface area contributed by atoms with Gasteiger partial charge in [0.05, 0.1) is 13.5 Å². The Morgan fingerprint density at radius 1 is 1.33 bits per heavy atom. The molecule has 0 saturated heterocycles. The van der Waals surface area contributed by atoms with E-state index in [1.165, 1.54) is 21.3 Å². The third-order valence-electron chi connectivity index (χ3n) is 1.38. The predicted octanol–water partition coefficient (Wildman–Crippen LogP) is -0.471. The van der Waals surface area contributed by atoms with Gasteiger partial charge in [-0.25, -0.2) is 0 Å². The molecule has 0 aliphatic carbocycles. The molecule has 0 aliphatic rings. The molecule has 1 N–H and O–H groups in total. The number of hydrogen-bond donors (Lipinski definition) is 1. The van der Waals surface area contributed by atoms with Crippen molar-refractivity contribution in [2.75, 3.05) is 21.3 Å². The van der Waals surface area contributed by atoms with Crippen LogP contribution in [0.15, 0.2) is 0 Å². The molecule has 5 nitrogen and oxygen atoms in total. The van der Waals surface area contributed by atoms with E-state index in [2.05, 4.69) is 4.74 Å². The molecule has 72 valence electrons. The van der Waals surface area contributed by atoms with Crippen LogP contribution in [0.2, 0.25) is 0 Å². The monoisotopic (exact) mass is 178 g/mol. The molecule has 0 amide bonds. The number of hydrogen-bond acceptors (Lipinski definition) is 5. The number of carbonyl (C=O) groups is 1. The first-order valence-corrected chi connectivity index (χ1v) is 3.46. The van der Waals surface area contributed by atoms with Gasteiger partial charge in [-0.05, 0) is 0 Å². The third kappa shape index (κ3) is 3.66. The van der Waals surface area contributed by atoms with Crippen molar-refractivity contribution < 1.29 is 24.1 Å². The van der Waals surface area contributed by atoms with Crippen LogP contribution in [0.5, 0.6) is 0 Å². The molecule has 0 aromatic rings. The maximum Gasteiger partial charge on any atom is 0.308 e. The predicted molar refractivity (Wildman–Crippen MR) is 40.4 cm³/mol. The normalized spacial score (nSPS) is 13.1. The summed E-state index contributed by atoms with van der Waals surface area (Å²) in [5, 5.41) is 9.26. The van der Waals surface area contributed by atoms with Crippen molar-refractivity contribution in [1.29, 1.82) is 0 Å². The molecule has 0 saturated carbocycles. The largest absolute Gasteiger partial charge is 0.469 e. The highest BCUT2D eigenvalue weighted by molar-refractivity contribution is 5.69. The first-order chi connectivity index (χ1) is 5.65. The van der Waals surface area contributed by atoms with Crippen LogP contribution < -0.4 is 0 Å². The van der Waals surface area contributed by atoms with E-state index >= 15 is 0 Å². The molecule has 0 aliphatic heterocycles. The zero-order valence-electron chi connectivity index (χ0n) is 7.44. The molecule has 0 spiro atoms. The van der Waals surface area contributed by atoms with Gasteiger partial charge in [0.1, 0.15) is 6.10 Å². The van der Waals surface area contributed by atoms with Gasteiger partial charge in [-0.15, -0.1) is 0 Å². The van der Waals surface area contributed by atoms with Crippen LogP contribution in [-0.2, 0) is 19.0 Å². The summed E-state index contributed by atoms with van der Waals surface area (Å²) in [6.45, 7) is 0. The Morgan fingerprint density at radius 2 is 1.83 bits per heavy atom. The van der Waals surface area contributed by atoms with E-state index in [1.54, 1.807) is 0 Å². The molecular formula is C7H14O5. The zero-order valence-corrected chi connectivity index (χ0v) is 7.44. The Balaban J connectivity index is 3.83. The highest BCUT2D eigenvalue weighted by Gasteiger charge is 2.21. The van der Waals surface area contributed by atoms with Gasteiger partial charge in [-0.3, -0.25) is 4.79 Å². The summed E-state index contributed by atoms with van der Waals surface area (Å²) >= 11 is 0. The first kappa shape index (κ1) is 11.4. The van der Waals surface area contributed by atoms with Crippen molar-refractivity contribution in [3.8, 4) is 0 Å². The fourth-order valence-electron chi connectivity index (χ4n) is 0.761. The molecule has 0 aromatic carbocycles. The topological polar surface area (TPSA) is 65.0 Å². The summed E-state index contributed by atoms with van der Waals surface area (Å²) in [5.74, 6) is -0.499. The molecule has 1 unspecified atom stereocenters. The average molecular weight is 178 g/mol. The molecule has 0 bridgehead atoms. The summed E-state index contributed by atoms with van der Waals surface area (Å²) in [6.07, 6.45) is -1.92. The van der Waals surface area contributed by atoms with E-state index in [0.29, 0.717) is 0 Å². The van der Waals surface area contributed by atoms with E-state index in [-0.39, 0.29) is 6.42 Å². The first-order valence-electron chi connectivity index (χ1n) is 3.46. The average Bonchev–Trinajstić information content (AvgIpc) is 2.06. The second-order valence-electron chi connectivity index (χ2n) is 2.19. The van der Waals surface area contributed by atoms with Gasteiger partial charge in [0, 0.05) is 14.2 Å². The van der Waals surface area contributed by atoms with Gasteiger partial charge in [0.2, 0.25) is 0 Å². The van der Waals surface area contributed by atoms with E-state index in [4.69, 9.17) is 9.47 Å². The Hall–Kier alpha value is -0.650. The van der Waals surface area contributed by atoms with Gasteiger partial charge >= 0.3 is 5.97 Å². The van der Waals surface area contributed by atoms with Crippen LogP contribution in [0, 0.1) is 0 Å². The van der Waals surface area contributed by atoms with E-state index in [1.807, 2.05) is 0 Å². The molecule has 5 heteroatoms. The summed E-state index contributed by atoms with van der Waals surface area (Å²) in [6, 6.07) is 0. The number of aliphatic hydroxyl groups is 1. The second-order valence-corrected chi connectivity index (χ2v) is 2.19. The summed E-state index contributed by atoms with van der Waals surface area (Å²) in [7, 11) is 4.02. The van der Waals surface area contributed by atoms with Crippen molar-refractivity contribution in [3.63, 3.8) is 0 Å². The van der Waals surface area contributed by atoms with Crippen LogP contribution in [-0.4, -0.2) is 44.8 Å². The number of carbonyl (C=O) groups excluding carboxylic acids is 1. The summed E-state index contributed by atoms with van der Waals surface area (Å²) in [4.78, 5) is 10.7. The highest BCUT2D eigenvalue weighted by Crippen LogP contribution is 2.04. The summed E-state index contributed by atoms with van der Waals surface area (Å²) in [5.41, 5.74) is 0. The molecular weight excluding hydrogens is 164 g/mol. The van der Waals surface area contributed by atoms with Gasteiger partial charge < -0.3 is 19.3 Å². The quantitative estimate of drug-likeness (QED) is 0.455. The Labute approximate surface area is 71.2 Å². The SMILES string of the molecule is COC(=O)CC(O)C(OC)OC. The number of esters is 1. The van der Waals surface area contributed by atoms with Crippen molar-refractivity contribution >= 4 is 5.97 Å². The lowest BCUT2D eigenvalue weighted by Gasteiger charge is -2.18. The molecule has 0 fully saturated rings. The Morgan fingerprint density at radius 3 is 2.17 bits per heavy atom. The zero-order chi connectivity index (χ0) is 9.56. The molecule has 12 heavy (non-hydrogen) atoms. The standard InChI is InChI=1S/C7H14O5/c1-10-6(9)4-5(8)7(11-2)12-3/h5,7-8H,4H2,1-3H3. The van der Waals surface area contributed by atoms with Crippen molar-refractivity contribution in [3.05, 3.63) is 0 Å². The van der Waals surface area contributed by atoms with Crippen LogP contribution in [0.1, 0.15) is 6.42 Å². The van der Waals surface area contributed by atoms with E-state index in [0.717, 1.165) is 0 Å². The molecule has 0 rings (SSSR count). The van der Waals surface area contributed by atoms with Crippen LogP contribution in [0.4, 0.5) is 0 Å². The van der Waals surface area contributed by atoms with Gasteiger partial charge in [0.15, 0.2) is 6.29 Å². The maximum atomic E-state index is 10.7. The van der Waals surface area contributed by atoms with E-state index < -0.39 is 18.4 Å². The highest BCUT2D eigenvalue weighted by atomic mass is 16.7. The number of ether oxygens (including phenoxy) is 3. The minimum Gasteiger partial charge on any atom is -0.469 e. The number of aliphatic hydroxyl groups excluding tert-OH is 1. The fraction of sp³-hybridized carbons (Fsp3) is 0.857. The molecule has 0 aromatic heterocycles. The lowest BCUT2D eigenvalue weighted by Crippen LogP contribution is -2.32. The Kier molecular flexibility index (Phi) is 5.61. The van der Waals surface area contributed by atoms with Crippen LogP contribution in [0.3, 0.4) is 0 Å². The molecule has 0 heterocycles. The van der Waals surface area contributed by atoms with Crippen molar-refractivity contribution in [2.45, 2.75) is 18.8 Å². The minimum atomic E-state index is -0.993. The van der Waals surface area contributed by atoms with Gasteiger partial charge in [-0.2, -0.15) is 0 Å². The maximum absolute atomic E-state index is 10.7. The lowest BCUT2D eigenvalue weighted by molar-refractivity contribution is -0.174. The minimum absolute atomic E-state index is 0.136. The van der Waals surface area contributed by atoms with Gasteiger partial charge in [0.25, 0.3) is 0 Å². The number of methoxy groups -OCH3 is 3. The van der Waals surface area contributed by atoms with Crippen LogP contribution in [0.25, 0.3) is 0 Å². The molecule has 0 radical (unpaired) electrons. The summed E-state index contributed by atoms with van der Waals surface area (Å²) < 4.78 is 13.8. The van der Waals surface area contributed by atoms with Gasteiger partial charge in [-0.1, -0.05) is 0 Å².